The molecule has 0 fully saturated rings. The summed E-state index contributed by atoms with van der Waals surface area (Å²) in [6.07, 6.45) is 5.38. The summed E-state index contributed by atoms with van der Waals surface area (Å²) in [6.45, 7) is 5.71. The minimum absolute atomic E-state index is 1.06. The van der Waals surface area contributed by atoms with Gasteiger partial charge in [-0.1, -0.05) is 72.4 Å². The molecule has 0 atom stereocenters. The highest BCUT2D eigenvalue weighted by Crippen LogP contribution is 2.07. The highest BCUT2D eigenvalue weighted by atomic mass is 79.9. The molecule has 1 aromatic carbocycles. The zero-order chi connectivity index (χ0) is 12.3. The number of halogens is 1. The van der Waals surface area contributed by atoms with E-state index in [1.165, 1.54) is 37.8 Å². The van der Waals surface area contributed by atoms with Crippen molar-refractivity contribution in [2.24, 2.45) is 0 Å². The lowest BCUT2D eigenvalue weighted by atomic mass is 10.1. The van der Waals surface area contributed by atoms with Crippen molar-refractivity contribution in [1.29, 1.82) is 0 Å². The lowest BCUT2D eigenvalue weighted by Crippen LogP contribution is -2.26. The second-order valence-electron chi connectivity index (χ2n) is 4.51. The molecule has 17 heavy (non-hydrogen) atoms. The Bertz CT molecular complexity index is 274. The molecule has 0 bridgehead atoms. The van der Waals surface area contributed by atoms with E-state index in [0.29, 0.717) is 0 Å². The average Bonchev–Trinajstić information content (AvgIpc) is 2.36. The van der Waals surface area contributed by atoms with E-state index in [1.54, 1.807) is 0 Å². The maximum Gasteiger partial charge on any atom is 0.0234 e. The van der Waals surface area contributed by atoms with E-state index in [4.69, 9.17) is 0 Å². The zero-order valence-electron chi connectivity index (χ0n) is 10.9. The van der Waals surface area contributed by atoms with Crippen LogP contribution >= 0.6 is 15.9 Å². The summed E-state index contributed by atoms with van der Waals surface area (Å²) >= 11 is 3.54. The quantitative estimate of drug-likeness (QED) is 0.480. The molecule has 1 nitrogen and oxygen atoms in total. The smallest absolute Gasteiger partial charge is 0.0234 e. The minimum atomic E-state index is 1.06. The standard InChI is InChI=1S/C15H24BrN/c1-2-3-4-8-12-17(13-11-16)14-15-9-6-5-7-10-15/h5-7,9-10H,2-4,8,11-14H2,1H3. The van der Waals surface area contributed by atoms with Crippen LogP contribution in [0.3, 0.4) is 0 Å². The molecule has 1 rings (SSSR count). The molecule has 0 aliphatic rings. The summed E-state index contributed by atoms with van der Waals surface area (Å²) in [6, 6.07) is 10.8. The number of hydrogen-bond acceptors (Lipinski definition) is 1. The van der Waals surface area contributed by atoms with Crippen LogP contribution in [0.25, 0.3) is 0 Å². The van der Waals surface area contributed by atoms with Crippen molar-refractivity contribution < 1.29 is 0 Å². The van der Waals surface area contributed by atoms with Crippen LogP contribution in [-0.4, -0.2) is 23.3 Å². The molecule has 0 saturated heterocycles. The second-order valence-corrected chi connectivity index (χ2v) is 5.30. The molecule has 0 aromatic heterocycles. The van der Waals surface area contributed by atoms with Crippen LogP contribution in [0, 0.1) is 0 Å². The van der Waals surface area contributed by atoms with Crippen molar-refractivity contribution in [2.45, 2.75) is 39.2 Å². The van der Waals surface area contributed by atoms with E-state index < -0.39 is 0 Å². The summed E-state index contributed by atoms with van der Waals surface area (Å²) in [7, 11) is 0. The van der Waals surface area contributed by atoms with Crippen molar-refractivity contribution in [3.63, 3.8) is 0 Å². The van der Waals surface area contributed by atoms with Gasteiger partial charge in [0, 0.05) is 18.4 Å². The molecule has 0 aliphatic carbocycles. The highest BCUT2D eigenvalue weighted by molar-refractivity contribution is 9.09. The predicted molar refractivity (Wildman–Crippen MR) is 79.7 cm³/mol. The molecule has 0 spiro atoms. The van der Waals surface area contributed by atoms with Gasteiger partial charge in [-0.3, -0.25) is 4.90 Å². The fourth-order valence-corrected chi connectivity index (χ4v) is 2.49. The van der Waals surface area contributed by atoms with Gasteiger partial charge in [0.15, 0.2) is 0 Å². The Kier molecular flexibility index (Phi) is 8.37. The molecular weight excluding hydrogens is 274 g/mol. The molecule has 1 aromatic rings. The maximum atomic E-state index is 3.54. The van der Waals surface area contributed by atoms with Gasteiger partial charge in [-0.25, -0.2) is 0 Å². The van der Waals surface area contributed by atoms with Gasteiger partial charge in [0.1, 0.15) is 0 Å². The molecule has 0 radical (unpaired) electrons. The first-order valence-corrected chi connectivity index (χ1v) is 7.81. The van der Waals surface area contributed by atoms with Gasteiger partial charge < -0.3 is 0 Å². The zero-order valence-corrected chi connectivity index (χ0v) is 12.5. The molecule has 0 aliphatic heterocycles. The Morgan fingerprint density at radius 3 is 2.41 bits per heavy atom. The number of hydrogen-bond donors (Lipinski definition) is 0. The molecule has 0 amide bonds. The van der Waals surface area contributed by atoms with Gasteiger partial charge in [0.05, 0.1) is 0 Å². The van der Waals surface area contributed by atoms with Crippen LogP contribution in [0.2, 0.25) is 0 Å². The van der Waals surface area contributed by atoms with Crippen molar-refractivity contribution in [3.8, 4) is 0 Å². The summed E-state index contributed by atoms with van der Waals surface area (Å²) in [4.78, 5) is 2.54. The largest absolute Gasteiger partial charge is 0.298 e. The third kappa shape index (κ3) is 6.85. The summed E-state index contributed by atoms with van der Waals surface area (Å²) < 4.78 is 0. The summed E-state index contributed by atoms with van der Waals surface area (Å²) in [5.74, 6) is 0. The van der Waals surface area contributed by atoms with Crippen LogP contribution in [0.4, 0.5) is 0 Å². The van der Waals surface area contributed by atoms with Crippen molar-refractivity contribution in [1.82, 2.24) is 4.90 Å². The fraction of sp³-hybridized carbons (Fsp3) is 0.600. The van der Waals surface area contributed by atoms with E-state index in [0.717, 1.165) is 18.4 Å². The topological polar surface area (TPSA) is 3.24 Å². The Morgan fingerprint density at radius 1 is 1.00 bits per heavy atom. The lowest BCUT2D eigenvalue weighted by molar-refractivity contribution is 0.275. The highest BCUT2D eigenvalue weighted by Gasteiger charge is 2.04. The average molecular weight is 298 g/mol. The van der Waals surface area contributed by atoms with Crippen LogP contribution in [0.1, 0.15) is 38.2 Å². The summed E-state index contributed by atoms with van der Waals surface area (Å²) in [5, 5.41) is 1.06. The summed E-state index contributed by atoms with van der Waals surface area (Å²) in [5.41, 5.74) is 1.42. The van der Waals surface area contributed by atoms with Gasteiger partial charge in [0.25, 0.3) is 0 Å². The third-order valence-corrected chi connectivity index (χ3v) is 3.33. The fourth-order valence-electron chi connectivity index (χ4n) is 1.99. The van der Waals surface area contributed by atoms with Crippen LogP contribution in [0.5, 0.6) is 0 Å². The van der Waals surface area contributed by atoms with E-state index in [9.17, 15) is 0 Å². The van der Waals surface area contributed by atoms with E-state index in [-0.39, 0.29) is 0 Å². The van der Waals surface area contributed by atoms with E-state index >= 15 is 0 Å². The first kappa shape index (κ1) is 14.7. The van der Waals surface area contributed by atoms with Gasteiger partial charge in [-0.15, -0.1) is 0 Å². The van der Waals surface area contributed by atoms with Crippen LogP contribution in [-0.2, 0) is 6.54 Å². The molecular formula is C15H24BrN. The molecule has 0 N–H and O–H groups in total. The number of benzene rings is 1. The SMILES string of the molecule is CCCCCCN(CCBr)Cc1ccccc1. The monoisotopic (exact) mass is 297 g/mol. The Hall–Kier alpha value is -0.340. The minimum Gasteiger partial charge on any atom is -0.298 e. The normalized spacial score (nSPS) is 11.0. The Balaban J connectivity index is 2.32. The Morgan fingerprint density at radius 2 is 1.76 bits per heavy atom. The number of nitrogens with zero attached hydrogens (tertiary/aromatic N) is 1. The predicted octanol–water partition coefficient (Wildman–Crippen LogP) is 4.46. The van der Waals surface area contributed by atoms with Crippen molar-refractivity contribution in [3.05, 3.63) is 35.9 Å². The Labute approximate surface area is 114 Å². The van der Waals surface area contributed by atoms with Crippen LogP contribution < -0.4 is 0 Å². The second kappa shape index (κ2) is 9.67. The van der Waals surface area contributed by atoms with Gasteiger partial charge in [-0.05, 0) is 18.5 Å². The number of alkyl halides is 1. The first-order valence-electron chi connectivity index (χ1n) is 6.69. The lowest BCUT2D eigenvalue weighted by Gasteiger charge is -2.21. The maximum absolute atomic E-state index is 3.54. The first-order chi connectivity index (χ1) is 8.36. The van der Waals surface area contributed by atoms with E-state index in [2.05, 4.69) is 58.1 Å². The number of unbranched alkanes of at least 4 members (excludes halogenated alkanes) is 3. The van der Waals surface area contributed by atoms with E-state index in [1.807, 2.05) is 0 Å². The van der Waals surface area contributed by atoms with Gasteiger partial charge in [0.2, 0.25) is 0 Å². The molecule has 0 saturated carbocycles. The number of rotatable bonds is 9. The van der Waals surface area contributed by atoms with Crippen molar-refractivity contribution in [2.75, 3.05) is 18.4 Å². The van der Waals surface area contributed by atoms with Crippen molar-refractivity contribution >= 4 is 15.9 Å². The molecule has 2 heteroatoms. The molecule has 0 heterocycles. The van der Waals surface area contributed by atoms with Crippen LogP contribution in [0.15, 0.2) is 30.3 Å². The van der Waals surface area contributed by atoms with Gasteiger partial charge >= 0.3 is 0 Å². The molecule has 96 valence electrons. The molecule has 0 unspecified atom stereocenters. The third-order valence-electron chi connectivity index (χ3n) is 2.98. The van der Waals surface area contributed by atoms with Gasteiger partial charge in [-0.2, -0.15) is 0 Å².